The Morgan fingerprint density at radius 2 is 2.37 bits per heavy atom. The second-order valence-electron chi connectivity index (χ2n) is 4.57. The van der Waals surface area contributed by atoms with Gasteiger partial charge in [-0.2, -0.15) is 0 Å². The number of carbonyl (C=O) groups is 1. The molecule has 1 unspecified atom stereocenters. The molecule has 1 atom stereocenters. The highest BCUT2D eigenvalue weighted by atomic mass is 16.5. The zero-order chi connectivity index (χ0) is 14.1. The van der Waals surface area contributed by atoms with Gasteiger partial charge in [0.1, 0.15) is 5.84 Å². The van der Waals surface area contributed by atoms with Gasteiger partial charge in [0.05, 0.1) is 19.1 Å². The predicted octanol–water partition coefficient (Wildman–Crippen LogP) is 0.0245. The van der Waals surface area contributed by atoms with Gasteiger partial charge in [-0.15, -0.1) is 0 Å². The van der Waals surface area contributed by atoms with E-state index in [9.17, 15) is 4.79 Å². The second-order valence-corrected chi connectivity index (χ2v) is 4.57. The van der Waals surface area contributed by atoms with Crippen LogP contribution in [0.3, 0.4) is 0 Å². The highest BCUT2D eigenvalue weighted by Gasteiger charge is 2.26. The number of methoxy groups -OCH3 is 1. The van der Waals surface area contributed by atoms with Crippen molar-refractivity contribution < 1.29 is 19.5 Å². The van der Waals surface area contributed by atoms with Gasteiger partial charge in [-0.05, 0) is 12.8 Å². The molecule has 7 heteroatoms. The van der Waals surface area contributed by atoms with Crippen molar-refractivity contribution in [1.29, 1.82) is 0 Å². The fraction of sp³-hybridized carbons (Fsp3) is 0.833. The number of hydrogen-bond acceptors (Lipinski definition) is 5. The molecule has 1 rings (SSSR count). The summed E-state index contributed by atoms with van der Waals surface area (Å²) in [5.74, 6) is 0.0931. The number of amides is 1. The van der Waals surface area contributed by atoms with Gasteiger partial charge in [0.25, 0.3) is 0 Å². The van der Waals surface area contributed by atoms with E-state index in [1.54, 1.807) is 12.0 Å². The lowest BCUT2D eigenvalue weighted by Gasteiger charge is -2.29. The molecule has 0 aromatic carbocycles. The van der Waals surface area contributed by atoms with Gasteiger partial charge in [0.15, 0.2) is 0 Å². The average molecular weight is 273 g/mol. The highest BCUT2D eigenvalue weighted by molar-refractivity contribution is 5.82. The predicted molar refractivity (Wildman–Crippen MR) is 70.0 cm³/mol. The van der Waals surface area contributed by atoms with Crippen LogP contribution in [-0.4, -0.2) is 61.9 Å². The van der Waals surface area contributed by atoms with E-state index in [1.165, 1.54) is 0 Å². The van der Waals surface area contributed by atoms with Gasteiger partial charge in [0.2, 0.25) is 5.91 Å². The average Bonchev–Trinajstić information content (AvgIpc) is 2.47. The van der Waals surface area contributed by atoms with E-state index < -0.39 is 0 Å². The first kappa shape index (κ1) is 15.7. The summed E-state index contributed by atoms with van der Waals surface area (Å²) in [6.07, 6.45) is 2.11. The Labute approximate surface area is 113 Å². The summed E-state index contributed by atoms with van der Waals surface area (Å²) in [6, 6.07) is 0. The van der Waals surface area contributed by atoms with Crippen molar-refractivity contribution in [3.63, 3.8) is 0 Å². The third-order valence-electron chi connectivity index (χ3n) is 3.15. The zero-order valence-electron chi connectivity index (χ0n) is 11.4. The van der Waals surface area contributed by atoms with Crippen molar-refractivity contribution in [2.45, 2.75) is 19.3 Å². The van der Waals surface area contributed by atoms with E-state index in [1.807, 2.05) is 0 Å². The quantitative estimate of drug-likeness (QED) is 0.295. The Morgan fingerprint density at radius 3 is 2.95 bits per heavy atom. The Kier molecular flexibility index (Phi) is 7.20. The van der Waals surface area contributed by atoms with Crippen molar-refractivity contribution in [2.75, 3.05) is 40.0 Å². The molecule has 19 heavy (non-hydrogen) atoms. The fourth-order valence-corrected chi connectivity index (χ4v) is 2.03. The first-order chi connectivity index (χ1) is 9.19. The molecular formula is C12H23N3O4. The first-order valence-electron chi connectivity index (χ1n) is 6.51. The van der Waals surface area contributed by atoms with Gasteiger partial charge in [-0.1, -0.05) is 5.16 Å². The van der Waals surface area contributed by atoms with Gasteiger partial charge in [-0.25, -0.2) is 0 Å². The maximum absolute atomic E-state index is 12.4. The molecule has 110 valence electrons. The van der Waals surface area contributed by atoms with Crippen LogP contribution < -0.4 is 5.73 Å². The van der Waals surface area contributed by atoms with Gasteiger partial charge in [0, 0.05) is 33.2 Å². The Hall–Kier alpha value is -1.34. The Bertz CT molecular complexity index is 303. The molecule has 3 N–H and O–H groups in total. The number of rotatable bonds is 7. The summed E-state index contributed by atoms with van der Waals surface area (Å²) in [4.78, 5) is 14.0. The van der Waals surface area contributed by atoms with Crippen molar-refractivity contribution in [3.05, 3.63) is 0 Å². The van der Waals surface area contributed by atoms with Crippen LogP contribution >= 0.6 is 0 Å². The van der Waals surface area contributed by atoms with Crippen LogP contribution in [0.1, 0.15) is 19.3 Å². The topological polar surface area (TPSA) is 97.4 Å². The number of hydrogen-bond donors (Lipinski definition) is 2. The fourth-order valence-electron chi connectivity index (χ4n) is 2.03. The molecule has 1 aliphatic rings. The van der Waals surface area contributed by atoms with E-state index in [0.717, 1.165) is 19.4 Å². The minimum absolute atomic E-state index is 0.0579. The van der Waals surface area contributed by atoms with Gasteiger partial charge in [-0.3, -0.25) is 4.79 Å². The Morgan fingerprint density at radius 1 is 1.58 bits per heavy atom. The lowest BCUT2D eigenvalue weighted by atomic mass is 10.0. The molecule has 1 amide bonds. The maximum Gasteiger partial charge on any atom is 0.228 e. The summed E-state index contributed by atoms with van der Waals surface area (Å²) in [5, 5.41) is 11.4. The van der Waals surface area contributed by atoms with Crippen LogP contribution in [0.15, 0.2) is 5.16 Å². The molecule has 0 aromatic heterocycles. The van der Waals surface area contributed by atoms with Crippen LogP contribution in [0.25, 0.3) is 0 Å². The molecule has 1 heterocycles. The summed E-state index contributed by atoms with van der Waals surface area (Å²) in [7, 11) is 1.59. The maximum atomic E-state index is 12.4. The molecule has 1 aliphatic heterocycles. The van der Waals surface area contributed by atoms with Gasteiger partial charge >= 0.3 is 0 Å². The standard InChI is InChI=1S/C12H23N3O4/c1-18-8-6-15(5-4-11(13)14-17)12(16)10-3-2-7-19-9-10/h10,17H,2-9H2,1H3,(H2,13,14). The van der Waals surface area contributed by atoms with E-state index in [0.29, 0.717) is 32.7 Å². The van der Waals surface area contributed by atoms with E-state index in [4.69, 9.17) is 20.4 Å². The summed E-state index contributed by atoms with van der Waals surface area (Å²) in [5.41, 5.74) is 5.43. The smallest absolute Gasteiger partial charge is 0.228 e. The zero-order valence-corrected chi connectivity index (χ0v) is 11.4. The van der Waals surface area contributed by atoms with Crippen LogP contribution in [0.5, 0.6) is 0 Å². The summed E-state index contributed by atoms with van der Waals surface area (Å²) >= 11 is 0. The van der Waals surface area contributed by atoms with Crippen molar-refractivity contribution >= 4 is 11.7 Å². The summed E-state index contributed by atoms with van der Waals surface area (Å²) < 4.78 is 10.3. The largest absolute Gasteiger partial charge is 0.409 e. The van der Waals surface area contributed by atoms with Crippen molar-refractivity contribution in [1.82, 2.24) is 4.90 Å². The SMILES string of the molecule is COCCN(CCC(N)=NO)C(=O)C1CCCOC1. The third kappa shape index (κ3) is 5.44. The van der Waals surface area contributed by atoms with Gasteiger partial charge < -0.3 is 25.3 Å². The van der Waals surface area contributed by atoms with E-state index in [-0.39, 0.29) is 17.7 Å². The van der Waals surface area contributed by atoms with E-state index >= 15 is 0 Å². The van der Waals surface area contributed by atoms with Crippen LogP contribution in [0.4, 0.5) is 0 Å². The Balaban J connectivity index is 2.52. The molecule has 0 saturated carbocycles. The monoisotopic (exact) mass is 273 g/mol. The molecule has 7 nitrogen and oxygen atoms in total. The molecule has 0 spiro atoms. The number of ether oxygens (including phenoxy) is 2. The molecule has 1 fully saturated rings. The molecule has 1 saturated heterocycles. The molecule has 0 aliphatic carbocycles. The molecule has 0 bridgehead atoms. The van der Waals surface area contributed by atoms with Crippen molar-refractivity contribution in [2.24, 2.45) is 16.8 Å². The minimum atomic E-state index is -0.0853. The second kappa shape index (κ2) is 8.71. The number of amidine groups is 1. The lowest BCUT2D eigenvalue weighted by molar-refractivity contribution is -0.140. The molecule has 0 radical (unpaired) electrons. The highest BCUT2D eigenvalue weighted by Crippen LogP contribution is 2.16. The number of carbonyl (C=O) groups excluding carboxylic acids is 1. The summed E-state index contributed by atoms with van der Waals surface area (Å²) in [6.45, 7) is 2.60. The number of nitrogens with two attached hydrogens (primary N) is 1. The molecule has 0 aromatic rings. The number of nitrogens with zero attached hydrogens (tertiary/aromatic N) is 2. The molecular weight excluding hydrogens is 250 g/mol. The van der Waals surface area contributed by atoms with Crippen LogP contribution in [0.2, 0.25) is 0 Å². The van der Waals surface area contributed by atoms with Crippen LogP contribution in [-0.2, 0) is 14.3 Å². The van der Waals surface area contributed by atoms with Crippen molar-refractivity contribution in [3.8, 4) is 0 Å². The lowest BCUT2D eigenvalue weighted by Crippen LogP contribution is -2.42. The first-order valence-corrected chi connectivity index (χ1v) is 6.51. The minimum Gasteiger partial charge on any atom is -0.409 e. The normalized spacial score (nSPS) is 20.3. The number of oxime groups is 1. The van der Waals surface area contributed by atoms with Crippen LogP contribution in [0, 0.1) is 5.92 Å². The van der Waals surface area contributed by atoms with E-state index in [2.05, 4.69) is 5.16 Å². The third-order valence-corrected chi connectivity index (χ3v) is 3.15.